The van der Waals surface area contributed by atoms with Crippen LogP contribution in [0.4, 0.5) is 0 Å². The first-order chi connectivity index (χ1) is 8.66. The van der Waals surface area contributed by atoms with E-state index in [9.17, 15) is 4.21 Å². The highest BCUT2D eigenvalue weighted by atomic mass is 32.2. The average molecular weight is 260 g/mol. The molecule has 0 bridgehead atoms. The van der Waals surface area contributed by atoms with Crippen LogP contribution in [0.2, 0.25) is 0 Å². The Morgan fingerprint density at radius 2 is 1.83 bits per heavy atom. The molecule has 94 valence electrons. The smallest absolute Gasteiger partial charge is 0.120 e. The van der Waals surface area contributed by atoms with E-state index in [2.05, 4.69) is 0 Å². The molecule has 18 heavy (non-hydrogen) atoms. The number of rotatable bonds is 4. The molecule has 0 saturated carbocycles. The van der Waals surface area contributed by atoms with Crippen molar-refractivity contribution in [1.29, 1.82) is 0 Å². The highest BCUT2D eigenvalue weighted by Crippen LogP contribution is 2.20. The molecule has 0 aliphatic rings. The van der Waals surface area contributed by atoms with Crippen molar-refractivity contribution in [2.75, 3.05) is 6.26 Å². The van der Waals surface area contributed by atoms with Gasteiger partial charge in [0.25, 0.3) is 0 Å². The van der Waals surface area contributed by atoms with Gasteiger partial charge in [0.15, 0.2) is 0 Å². The molecule has 0 saturated heterocycles. The van der Waals surface area contributed by atoms with E-state index in [-0.39, 0.29) is 0 Å². The van der Waals surface area contributed by atoms with Crippen molar-refractivity contribution < 1.29 is 8.95 Å². The quantitative estimate of drug-likeness (QED) is 0.843. The summed E-state index contributed by atoms with van der Waals surface area (Å²) in [4.78, 5) is 0.863. The van der Waals surface area contributed by atoms with Gasteiger partial charge in [0.2, 0.25) is 0 Å². The van der Waals surface area contributed by atoms with Crippen LogP contribution in [0, 0.1) is 6.92 Å². The van der Waals surface area contributed by atoms with Crippen molar-refractivity contribution >= 4 is 10.8 Å². The third kappa shape index (κ3) is 3.20. The van der Waals surface area contributed by atoms with Crippen LogP contribution >= 0.6 is 0 Å². The lowest BCUT2D eigenvalue weighted by Crippen LogP contribution is -1.97. The molecule has 3 heteroatoms. The van der Waals surface area contributed by atoms with Gasteiger partial charge in [-0.15, -0.1) is 0 Å². The zero-order valence-electron chi connectivity index (χ0n) is 10.6. The molecule has 0 aliphatic carbocycles. The van der Waals surface area contributed by atoms with Crippen LogP contribution < -0.4 is 4.74 Å². The van der Waals surface area contributed by atoms with E-state index in [1.807, 2.05) is 55.5 Å². The Morgan fingerprint density at radius 1 is 1.11 bits per heavy atom. The average Bonchev–Trinajstić information content (AvgIpc) is 2.37. The lowest BCUT2D eigenvalue weighted by molar-refractivity contribution is 0.306. The SMILES string of the molecule is Cc1cc(OCc2ccccc2)ccc1[S@@](C)=O. The summed E-state index contributed by atoms with van der Waals surface area (Å²) < 4.78 is 17.1. The summed E-state index contributed by atoms with van der Waals surface area (Å²) in [6.07, 6.45) is 1.69. The van der Waals surface area contributed by atoms with E-state index in [1.165, 1.54) is 0 Å². The number of aryl methyl sites for hydroxylation is 1. The molecule has 0 spiro atoms. The van der Waals surface area contributed by atoms with Gasteiger partial charge in [-0.05, 0) is 36.2 Å². The highest BCUT2D eigenvalue weighted by Gasteiger charge is 2.04. The van der Waals surface area contributed by atoms with E-state index in [4.69, 9.17) is 4.74 Å². The predicted octanol–water partition coefficient (Wildman–Crippen LogP) is 3.31. The molecule has 0 heterocycles. The highest BCUT2D eigenvalue weighted by molar-refractivity contribution is 7.84. The maximum Gasteiger partial charge on any atom is 0.120 e. The maximum absolute atomic E-state index is 11.4. The fourth-order valence-electron chi connectivity index (χ4n) is 1.78. The molecule has 2 aromatic carbocycles. The molecular weight excluding hydrogens is 244 g/mol. The number of hydrogen-bond acceptors (Lipinski definition) is 2. The number of benzene rings is 2. The van der Waals surface area contributed by atoms with Crippen LogP contribution in [-0.2, 0) is 17.4 Å². The van der Waals surface area contributed by atoms with Crippen molar-refractivity contribution in [1.82, 2.24) is 0 Å². The summed E-state index contributed by atoms with van der Waals surface area (Å²) in [5, 5.41) is 0. The molecule has 0 unspecified atom stereocenters. The standard InChI is InChI=1S/C15H16O2S/c1-12-10-14(8-9-15(12)18(2)16)17-11-13-6-4-3-5-7-13/h3-10H,11H2,1-2H3/t18-/m1/s1. The van der Waals surface area contributed by atoms with Crippen molar-refractivity contribution in [2.24, 2.45) is 0 Å². The largest absolute Gasteiger partial charge is 0.489 e. The van der Waals surface area contributed by atoms with Crippen LogP contribution in [0.15, 0.2) is 53.4 Å². The second-order valence-electron chi connectivity index (χ2n) is 4.16. The minimum Gasteiger partial charge on any atom is -0.489 e. The van der Waals surface area contributed by atoms with Gasteiger partial charge in [0.1, 0.15) is 12.4 Å². The summed E-state index contributed by atoms with van der Waals surface area (Å²) in [7, 11) is -0.944. The van der Waals surface area contributed by atoms with Gasteiger partial charge >= 0.3 is 0 Å². The lowest BCUT2D eigenvalue weighted by atomic mass is 10.2. The second-order valence-corrected chi connectivity index (χ2v) is 5.50. The normalized spacial score (nSPS) is 12.1. The molecule has 0 radical (unpaired) electrons. The summed E-state index contributed by atoms with van der Waals surface area (Å²) in [5.74, 6) is 0.811. The minimum absolute atomic E-state index is 0.550. The second kappa shape index (κ2) is 5.83. The van der Waals surface area contributed by atoms with Crippen molar-refractivity contribution in [2.45, 2.75) is 18.4 Å². The molecule has 0 N–H and O–H groups in total. The molecule has 2 rings (SSSR count). The molecular formula is C15H16O2S. The van der Waals surface area contributed by atoms with Gasteiger partial charge in [-0.2, -0.15) is 0 Å². The van der Waals surface area contributed by atoms with Gasteiger partial charge < -0.3 is 4.74 Å². The van der Waals surface area contributed by atoms with E-state index in [1.54, 1.807) is 6.26 Å². The van der Waals surface area contributed by atoms with E-state index in [0.717, 1.165) is 21.8 Å². The van der Waals surface area contributed by atoms with Crippen molar-refractivity contribution in [3.05, 3.63) is 59.7 Å². The van der Waals surface area contributed by atoms with Crippen LogP contribution in [-0.4, -0.2) is 10.5 Å². The topological polar surface area (TPSA) is 26.3 Å². The Labute approximate surface area is 110 Å². The summed E-state index contributed by atoms with van der Waals surface area (Å²) in [6.45, 7) is 2.50. The van der Waals surface area contributed by atoms with Crippen molar-refractivity contribution in [3.63, 3.8) is 0 Å². The lowest BCUT2D eigenvalue weighted by Gasteiger charge is -2.09. The molecule has 0 fully saturated rings. The molecule has 0 aliphatic heterocycles. The van der Waals surface area contributed by atoms with Crippen LogP contribution in [0.1, 0.15) is 11.1 Å². The van der Waals surface area contributed by atoms with Gasteiger partial charge in [-0.3, -0.25) is 4.21 Å². The first-order valence-corrected chi connectivity index (χ1v) is 7.33. The van der Waals surface area contributed by atoms with Gasteiger partial charge in [0.05, 0.1) is 10.8 Å². The predicted molar refractivity (Wildman–Crippen MR) is 74.3 cm³/mol. The molecule has 2 nitrogen and oxygen atoms in total. The molecule has 0 amide bonds. The Kier molecular flexibility index (Phi) is 4.15. The maximum atomic E-state index is 11.4. The first-order valence-electron chi connectivity index (χ1n) is 5.77. The summed E-state index contributed by atoms with van der Waals surface area (Å²) in [5.41, 5.74) is 2.14. The van der Waals surface area contributed by atoms with Crippen LogP contribution in [0.3, 0.4) is 0 Å². The van der Waals surface area contributed by atoms with Gasteiger partial charge in [0, 0.05) is 11.2 Å². The third-order valence-electron chi connectivity index (χ3n) is 2.70. The monoisotopic (exact) mass is 260 g/mol. The zero-order valence-corrected chi connectivity index (χ0v) is 11.4. The minimum atomic E-state index is -0.944. The first kappa shape index (κ1) is 12.8. The Morgan fingerprint density at radius 3 is 2.44 bits per heavy atom. The van der Waals surface area contributed by atoms with E-state index < -0.39 is 10.8 Å². The van der Waals surface area contributed by atoms with Gasteiger partial charge in [-0.25, -0.2) is 0 Å². The van der Waals surface area contributed by atoms with Crippen LogP contribution in [0.25, 0.3) is 0 Å². The molecule has 1 atom stereocenters. The Bertz CT molecular complexity index is 550. The third-order valence-corrected chi connectivity index (χ3v) is 3.78. The Hall–Kier alpha value is -1.61. The number of hydrogen-bond donors (Lipinski definition) is 0. The van der Waals surface area contributed by atoms with Gasteiger partial charge in [-0.1, -0.05) is 30.3 Å². The summed E-state index contributed by atoms with van der Waals surface area (Å²) in [6, 6.07) is 15.7. The zero-order chi connectivity index (χ0) is 13.0. The fraction of sp³-hybridized carbons (Fsp3) is 0.200. The fourth-order valence-corrected chi connectivity index (χ4v) is 2.55. The number of ether oxygens (including phenoxy) is 1. The van der Waals surface area contributed by atoms with Crippen molar-refractivity contribution in [3.8, 4) is 5.75 Å². The van der Waals surface area contributed by atoms with E-state index >= 15 is 0 Å². The molecule has 0 aromatic heterocycles. The Balaban J connectivity index is 2.07. The summed E-state index contributed by atoms with van der Waals surface area (Å²) >= 11 is 0. The van der Waals surface area contributed by atoms with Crippen LogP contribution in [0.5, 0.6) is 5.75 Å². The molecule has 2 aromatic rings. The van der Waals surface area contributed by atoms with E-state index in [0.29, 0.717) is 6.61 Å².